The molecular formula is C8H15NO2. The summed E-state index contributed by atoms with van der Waals surface area (Å²) in [6.45, 7) is 4.90. The summed E-state index contributed by atoms with van der Waals surface area (Å²) in [4.78, 5) is 21.4. The van der Waals surface area contributed by atoms with Gasteiger partial charge in [-0.3, -0.25) is 9.59 Å². The summed E-state index contributed by atoms with van der Waals surface area (Å²) in [5.41, 5.74) is 0. The van der Waals surface area contributed by atoms with Crippen molar-refractivity contribution in [2.24, 2.45) is 0 Å². The van der Waals surface area contributed by atoms with Crippen molar-refractivity contribution in [1.29, 1.82) is 0 Å². The molecule has 0 heterocycles. The molecule has 0 aliphatic rings. The van der Waals surface area contributed by atoms with Crippen molar-refractivity contribution in [3.05, 3.63) is 0 Å². The molecule has 0 saturated carbocycles. The SMILES string of the molecule is CCC[C@H](NC(C)=O)C(C)=O. The minimum atomic E-state index is -0.280. The molecule has 1 N–H and O–H groups in total. The first-order chi connectivity index (χ1) is 5.07. The summed E-state index contributed by atoms with van der Waals surface area (Å²) in [6, 6.07) is -0.280. The van der Waals surface area contributed by atoms with Gasteiger partial charge in [0.25, 0.3) is 0 Å². The highest BCUT2D eigenvalue weighted by Gasteiger charge is 2.12. The number of nitrogens with one attached hydrogen (secondary N) is 1. The van der Waals surface area contributed by atoms with Gasteiger partial charge in [-0.1, -0.05) is 13.3 Å². The van der Waals surface area contributed by atoms with Crippen molar-refractivity contribution >= 4 is 11.7 Å². The lowest BCUT2D eigenvalue weighted by molar-refractivity contribution is -0.125. The van der Waals surface area contributed by atoms with E-state index in [9.17, 15) is 9.59 Å². The Bertz CT molecular complexity index is 154. The lowest BCUT2D eigenvalue weighted by atomic mass is 10.1. The van der Waals surface area contributed by atoms with Crippen LogP contribution in [0, 0.1) is 0 Å². The van der Waals surface area contributed by atoms with Crippen molar-refractivity contribution in [3.63, 3.8) is 0 Å². The molecule has 0 rings (SSSR count). The summed E-state index contributed by atoms with van der Waals surface area (Å²) in [5.74, 6) is -0.110. The molecule has 0 saturated heterocycles. The molecule has 0 aromatic carbocycles. The van der Waals surface area contributed by atoms with Crippen LogP contribution in [0.1, 0.15) is 33.6 Å². The van der Waals surface area contributed by atoms with Gasteiger partial charge in [0.1, 0.15) is 0 Å². The summed E-state index contributed by atoms with van der Waals surface area (Å²) in [6.07, 6.45) is 1.64. The Morgan fingerprint density at radius 1 is 1.36 bits per heavy atom. The van der Waals surface area contributed by atoms with Crippen LogP contribution in [0.15, 0.2) is 0 Å². The van der Waals surface area contributed by atoms with Gasteiger partial charge in [-0.15, -0.1) is 0 Å². The van der Waals surface area contributed by atoms with Gasteiger partial charge in [-0.25, -0.2) is 0 Å². The fourth-order valence-corrected chi connectivity index (χ4v) is 0.911. The maximum atomic E-state index is 10.9. The van der Waals surface area contributed by atoms with Gasteiger partial charge in [0, 0.05) is 6.92 Å². The van der Waals surface area contributed by atoms with E-state index >= 15 is 0 Å². The van der Waals surface area contributed by atoms with Crippen LogP contribution >= 0.6 is 0 Å². The van der Waals surface area contributed by atoms with E-state index in [1.165, 1.54) is 13.8 Å². The molecule has 0 radical (unpaired) electrons. The Balaban J connectivity index is 3.89. The van der Waals surface area contributed by atoms with Gasteiger partial charge in [0.05, 0.1) is 6.04 Å². The maximum Gasteiger partial charge on any atom is 0.217 e. The molecule has 0 spiro atoms. The van der Waals surface area contributed by atoms with E-state index in [1.807, 2.05) is 6.92 Å². The Morgan fingerprint density at radius 2 is 1.91 bits per heavy atom. The third-order valence-electron chi connectivity index (χ3n) is 1.45. The summed E-state index contributed by atoms with van der Waals surface area (Å²) in [7, 11) is 0. The lowest BCUT2D eigenvalue weighted by Crippen LogP contribution is -2.38. The third kappa shape index (κ3) is 4.53. The number of amides is 1. The minimum absolute atomic E-state index is 0.0297. The van der Waals surface area contributed by atoms with Gasteiger partial charge in [-0.2, -0.15) is 0 Å². The number of carbonyl (C=O) groups is 2. The molecule has 1 atom stereocenters. The molecule has 1 amide bonds. The predicted molar refractivity (Wildman–Crippen MR) is 43.2 cm³/mol. The summed E-state index contributed by atoms with van der Waals surface area (Å²) >= 11 is 0. The normalized spacial score (nSPS) is 12.3. The van der Waals surface area contributed by atoms with Crippen molar-refractivity contribution < 1.29 is 9.59 Å². The summed E-state index contributed by atoms with van der Waals surface area (Å²) in [5, 5.41) is 2.59. The number of carbonyl (C=O) groups excluding carboxylic acids is 2. The Kier molecular flexibility index (Phi) is 4.50. The van der Waals surface area contributed by atoms with Crippen LogP contribution in [0.25, 0.3) is 0 Å². The van der Waals surface area contributed by atoms with Gasteiger partial charge < -0.3 is 5.32 Å². The number of Topliss-reactive ketones (excluding diaryl/α,β-unsaturated/α-hetero) is 1. The van der Waals surface area contributed by atoms with E-state index in [4.69, 9.17) is 0 Å². The Labute approximate surface area is 67.2 Å². The molecule has 0 unspecified atom stereocenters. The van der Waals surface area contributed by atoms with E-state index in [1.54, 1.807) is 0 Å². The average molecular weight is 157 g/mol. The first-order valence-corrected chi connectivity index (χ1v) is 3.85. The van der Waals surface area contributed by atoms with Gasteiger partial charge in [0.2, 0.25) is 5.91 Å². The highest BCUT2D eigenvalue weighted by Crippen LogP contribution is 1.97. The van der Waals surface area contributed by atoms with Crippen molar-refractivity contribution in [2.45, 2.75) is 39.7 Å². The summed E-state index contributed by atoms with van der Waals surface area (Å²) < 4.78 is 0. The van der Waals surface area contributed by atoms with Crippen LogP contribution in [-0.2, 0) is 9.59 Å². The largest absolute Gasteiger partial charge is 0.347 e. The van der Waals surface area contributed by atoms with Crippen molar-refractivity contribution in [3.8, 4) is 0 Å². The van der Waals surface area contributed by atoms with E-state index in [0.717, 1.165) is 12.8 Å². The third-order valence-corrected chi connectivity index (χ3v) is 1.45. The van der Waals surface area contributed by atoms with Crippen molar-refractivity contribution in [1.82, 2.24) is 5.32 Å². The molecule has 0 aromatic rings. The fraction of sp³-hybridized carbons (Fsp3) is 0.750. The van der Waals surface area contributed by atoms with Crippen molar-refractivity contribution in [2.75, 3.05) is 0 Å². The smallest absolute Gasteiger partial charge is 0.217 e. The second-order valence-electron chi connectivity index (χ2n) is 2.65. The average Bonchev–Trinajstić information content (AvgIpc) is 1.86. The van der Waals surface area contributed by atoms with E-state index in [2.05, 4.69) is 5.32 Å². The Morgan fingerprint density at radius 3 is 2.18 bits per heavy atom. The fourth-order valence-electron chi connectivity index (χ4n) is 0.911. The van der Waals surface area contributed by atoms with Crippen LogP contribution < -0.4 is 5.32 Å². The monoisotopic (exact) mass is 157 g/mol. The van der Waals surface area contributed by atoms with E-state index in [-0.39, 0.29) is 17.7 Å². The van der Waals surface area contributed by atoms with Crippen LogP contribution in [-0.4, -0.2) is 17.7 Å². The van der Waals surface area contributed by atoms with Crippen LogP contribution in [0.4, 0.5) is 0 Å². The predicted octanol–water partition coefficient (Wildman–Crippen LogP) is 0.880. The molecular weight excluding hydrogens is 142 g/mol. The van der Waals surface area contributed by atoms with E-state index < -0.39 is 0 Å². The van der Waals surface area contributed by atoms with Gasteiger partial charge in [0.15, 0.2) is 5.78 Å². The zero-order valence-corrected chi connectivity index (χ0v) is 7.31. The molecule has 0 aliphatic carbocycles. The van der Waals surface area contributed by atoms with Gasteiger partial charge in [-0.05, 0) is 13.3 Å². The lowest BCUT2D eigenvalue weighted by Gasteiger charge is -2.12. The number of hydrogen-bond acceptors (Lipinski definition) is 2. The molecule has 0 aliphatic heterocycles. The molecule has 11 heavy (non-hydrogen) atoms. The van der Waals surface area contributed by atoms with Crippen LogP contribution in [0.3, 0.4) is 0 Å². The minimum Gasteiger partial charge on any atom is -0.347 e. The quantitative estimate of drug-likeness (QED) is 0.658. The molecule has 64 valence electrons. The molecule has 0 fully saturated rings. The highest BCUT2D eigenvalue weighted by molar-refractivity contribution is 5.86. The second-order valence-corrected chi connectivity index (χ2v) is 2.65. The highest BCUT2D eigenvalue weighted by atomic mass is 16.2. The standard InChI is InChI=1S/C8H15NO2/c1-4-5-8(6(2)10)9-7(3)11/h8H,4-5H2,1-3H3,(H,9,11)/t8-/m0/s1. The molecule has 3 heteroatoms. The first kappa shape index (κ1) is 10.1. The Hall–Kier alpha value is -0.860. The maximum absolute atomic E-state index is 10.9. The van der Waals surface area contributed by atoms with E-state index in [0.29, 0.717) is 0 Å². The topological polar surface area (TPSA) is 46.2 Å². The van der Waals surface area contributed by atoms with Gasteiger partial charge >= 0.3 is 0 Å². The number of hydrogen-bond donors (Lipinski definition) is 1. The number of ketones is 1. The second kappa shape index (κ2) is 4.88. The molecule has 0 aromatic heterocycles. The number of rotatable bonds is 4. The van der Waals surface area contributed by atoms with Crippen LogP contribution in [0.2, 0.25) is 0 Å². The zero-order valence-electron chi connectivity index (χ0n) is 7.31. The first-order valence-electron chi connectivity index (χ1n) is 3.85. The zero-order chi connectivity index (χ0) is 8.85. The molecule has 0 bridgehead atoms. The molecule has 3 nitrogen and oxygen atoms in total. The van der Waals surface area contributed by atoms with Crippen LogP contribution in [0.5, 0.6) is 0 Å².